The minimum atomic E-state index is -5.17. The number of carbonyl (C=O) groups excluding carboxylic acids is 5. The molecule has 4 atom stereocenters. The van der Waals surface area contributed by atoms with E-state index in [9.17, 15) is 37.1 Å². The number of nitrogens with zero attached hydrogens (tertiary/aromatic N) is 4. The Labute approximate surface area is 221 Å². The molecule has 1 spiro atoms. The predicted octanol–water partition coefficient (Wildman–Crippen LogP) is 0.0910. The van der Waals surface area contributed by atoms with Gasteiger partial charge in [-0.15, -0.1) is 0 Å². The number of halogens is 3. The van der Waals surface area contributed by atoms with Crippen LogP contribution in [0.15, 0.2) is 12.4 Å². The van der Waals surface area contributed by atoms with Crippen molar-refractivity contribution in [2.45, 2.75) is 74.8 Å². The molecule has 2 aliphatic heterocycles. The fourth-order valence-electron chi connectivity index (χ4n) is 5.61. The van der Waals surface area contributed by atoms with Gasteiger partial charge in [-0.1, -0.05) is 25.7 Å². The van der Waals surface area contributed by atoms with Crippen molar-refractivity contribution in [2.75, 3.05) is 18.9 Å². The monoisotopic (exact) mass is 553 g/mol. The Bertz CT molecular complexity index is 1210. The van der Waals surface area contributed by atoms with E-state index in [2.05, 4.69) is 10.3 Å². The number of amides is 5. The van der Waals surface area contributed by atoms with Gasteiger partial charge in [0.1, 0.15) is 23.7 Å². The van der Waals surface area contributed by atoms with E-state index >= 15 is 0 Å². The number of rotatable bonds is 9. The largest absolute Gasteiger partial charge is 0.471 e. The van der Waals surface area contributed by atoms with Gasteiger partial charge >= 0.3 is 12.1 Å². The topological polar surface area (TPSA) is 160 Å². The maximum Gasteiger partial charge on any atom is 0.471 e. The second kappa shape index (κ2) is 9.52. The van der Waals surface area contributed by atoms with Crippen molar-refractivity contribution in [2.24, 2.45) is 17.6 Å². The smallest absolute Gasteiger partial charge is 0.368 e. The lowest BCUT2D eigenvalue weighted by molar-refractivity contribution is -0.175. The van der Waals surface area contributed by atoms with Gasteiger partial charge in [0, 0.05) is 25.9 Å². The number of alkyl halides is 3. The van der Waals surface area contributed by atoms with Crippen molar-refractivity contribution in [1.82, 2.24) is 24.7 Å². The number of aromatic nitrogens is 2. The number of anilines is 1. The van der Waals surface area contributed by atoms with E-state index in [1.165, 1.54) is 18.1 Å². The van der Waals surface area contributed by atoms with Crippen molar-refractivity contribution in [1.29, 1.82) is 0 Å². The van der Waals surface area contributed by atoms with Crippen LogP contribution in [0.5, 0.6) is 0 Å². The average Bonchev–Trinajstić information content (AvgIpc) is 3.76. The van der Waals surface area contributed by atoms with Gasteiger partial charge in [-0.05, 0) is 24.7 Å². The molecule has 1 saturated heterocycles. The summed E-state index contributed by atoms with van der Waals surface area (Å²) in [6, 6.07) is -3.75. The Kier molecular flexibility index (Phi) is 6.58. The molecule has 1 aromatic rings. The highest BCUT2D eigenvalue weighted by Crippen LogP contribution is 2.42. The molecule has 3 fully saturated rings. The summed E-state index contributed by atoms with van der Waals surface area (Å²) < 4.78 is 40.5. The van der Waals surface area contributed by atoms with Gasteiger partial charge < -0.3 is 20.9 Å². The number of hydrogen-bond acceptors (Lipinski definition) is 6. The van der Waals surface area contributed by atoms with Crippen molar-refractivity contribution >= 4 is 35.5 Å². The normalized spacial score (nSPS) is 25.7. The molecule has 0 radical (unpaired) electrons. The number of primary amides is 1. The molecule has 2 aliphatic carbocycles. The van der Waals surface area contributed by atoms with Gasteiger partial charge in [0.15, 0.2) is 0 Å². The summed E-state index contributed by atoms with van der Waals surface area (Å²) in [5, 5.41) is 4.44. The Morgan fingerprint density at radius 3 is 2.44 bits per heavy atom. The lowest BCUT2D eigenvalue weighted by atomic mass is 9.95. The quantitative estimate of drug-likeness (QED) is 0.393. The van der Waals surface area contributed by atoms with Crippen molar-refractivity contribution in [3.05, 3.63) is 12.4 Å². The summed E-state index contributed by atoms with van der Waals surface area (Å²) in [5.41, 5.74) is 4.33. The number of nitrogens with one attached hydrogen (secondary N) is 2. The first-order chi connectivity index (χ1) is 18.3. The molecular weight excluding hydrogens is 523 g/mol. The lowest BCUT2D eigenvalue weighted by Gasteiger charge is -2.35. The molecule has 0 aromatic carbocycles. The fourth-order valence-corrected chi connectivity index (χ4v) is 5.61. The summed E-state index contributed by atoms with van der Waals surface area (Å²) in [6.07, 6.45) is 1.10. The van der Waals surface area contributed by atoms with E-state index in [0.29, 0.717) is 0 Å². The SMILES string of the molecule is CN(C(=O)C(CC1CC1)NC(=O)C(F)(F)F)C(CC1CC1)C(=O)N1C[C@]2(C[C@H]1C(N)=O)C(=O)Nc1nccn12. The first kappa shape index (κ1) is 26.9. The molecule has 1 aromatic heterocycles. The molecule has 4 N–H and O–H groups in total. The van der Waals surface area contributed by atoms with E-state index in [4.69, 9.17) is 5.73 Å². The van der Waals surface area contributed by atoms with Crippen LogP contribution in [-0.2, 0) is 29.5 Å². The molecule has 212 valence electrons. The number of likely N-dealkylation sites (tertiary alicyclic amines) is 1. The maximum atomic E-state index is 14.0. The first-order valence-corrected chi connectivity index (χ1v) is 12.9. The standard InChI is InChI=1S/C24H30F3N7O5/c1-32(18(36)14(8-12-2-3-12)30-21(39)24(25,26)27)15(9-13-4-5-13)19(37)33-11-23(10-16(33)17(28)35)20(38)31-22-29-6-7-34(22)23/h6-7,12-16H,2-5,8-11H2,1H3,(H2,28,35)(H,30,39)(H,29,31,38)/t14?,15?,16-,23+/m0/s1. The van der Waals surface area contributed by atoms with Gasteiger partial charge in [0.2, 0.25) is 23.7 Å². The number of hydrogen-bond donors (Lipinski definition) is 3. The van der Waals surface area contributed by atoms with E-state index in [1.54, 1.807) is 16.1 Å². The van der Waals surface area contributed by atoms with Gasteiger partial charge in [-0.3, -0.25) is 33.9 Å². The minimum Gasteiger partial charge on any atom is -0.368 e. The lowest BCUT2D eigenvalue weighted by Crippen LogP contribution is -2.58. The summed E-state index contributed by atoms with van der Waals surface area (Å²) in [6.45, 7) is -0.200. The predicted molar refractivity (Wildman–Crippen MR) is 127 cm³/mol. The van der Waals surface area contributed by atoms with Crippen molar-refractivity contribution in [3.63, 3.8) is 0 Å². The molecule has 39 heavy (non-hydrogen) atoms. The number of likely N-dealkylation sites (N-methyl/N-ethyl adjacent to an activating group) is 1. The first-order valence-electron chi connectivity index (χ1n) is 12.9. The van der Waals surface area contributed by atoms with Crippen LogP contribution < -0.4 is 16.4 Å². The van der Waals surface area contributed by atoms with Gasteiger partial charge in [0.25, 0.3) is 5.91 Å². The summed E-state index contributed by atoms with van der Waals surface area (Å²) in [7, 11) is 1.31. The molecule has 15 heteroatoms. The summed E-state index contributed by atoms with van der Waals surface area (Å²) in [4.78, 5) is 71.0. The van der Waals surface area contributed by atoms with Gasteiger partial charge in [-0.2, -0.15) is 13.2 Å². The zero-order valence-corrected chi connectivity index (χ0v) is 21.2. The highest BCUT2D eigenvalue weighted by atomic mass is 19.4. The number of nitrogens with two attached hydrogens (primary N) is 1. The maximum absolute atomic E-state index is 14.0. The van der Waals surface area contributed by atoms with Crippen LogP contribution in [0.2, 0.25) is 0 Å². The molecule has 2 unspecified atom stereocenters. The third-order valence-electron chi connectivity index (χ3n) is 8.18. The number of fused-ring (bicyclic) bond motifs is 2. The van der Waals surface area contributed by atoms with E-state index < -0.39 is 59.4 Å². The molecule has 3 heterocycles. The molecule has 2 saturated carbocycles. The zero-order valence-electron chi connectivity index (χ0n) is 21.2. The summed E-state index contributed by atoms with van der Waals surface area (Å²) in [5.74, 6) is -4.58. The van der Waals surface area contributed by atoms with Crippen LogP contribution in [0.1, 0.15) is 44.9 Å². The zero-order chi connectivity index (χ0) is 28.3. The Balaban J connectivity index is 1.41. The Hall–Kier alpha value is -3.65. The fraction of sp³-hybridized carbons (Fsp3) is 0.667. The number of imidazole rings is 1. The molecule has 4 aliphatic rings. The average molecular weight is 554 g/mol. The highest BCUT2D eigenvalue weighted by Gasteiger charge is 2.58. The molecule has 12 nitrogen and oxygen atoms in total. The Morgan fingerprint density at radius 2 is 1.85 bits per heavy atom. The second-order valence-electron chi connectivity index (χ2n) is 11.0. The van der Waals surface area contributed by atoms with Crippen LogP contribution in [0.3, 0.4) is 0 Å². The molecule has 0 bridgehead atoms. The third-order valence-corrected chi connectivity index (χ3v) is 8.18. The van der Waals surface area contributed by atoms with E-state index in [0.717, 1.165) is 30.6 Å². The molecule has 5 amide bonds. The van der Waals surface area contributed by atoms with Crippen molar-refractivity contribution in [3.8, 4) is 0 Å². The van der Waals surface area contributed by atoms with Crippen LogP contribution in [0.25, 0.3) is 0 Å². The summed E-state index contributed by atoms with van der Waals surface area (Å²) >= 11 is 0. The van der Waals surface area contributed by atoms with Crippen LogP contribution in [-0.4, -0.2) is 86.8 Å². The van der Waals surface area contributed by atoms with Gasteiger partial charge in [0.05, 0.1) is 6.54 Å². The number of carbonyl (C=O) groups is 5. The van der Waals surface area contributed by atoms with E-state index in [1.807, 2.05) is 0 Å². The van der Waals surface area contributed by atoms with Crippen LogP contribution >= 0.6 is 0 Å². The Morgan fingerprint density at radius 1 is 1.21 bits per heavy atom. The third kappa shape index (κ3) is 5.05. The van der Waals surface area contributed by atoms with Crippen molar-refractivity contribution < 1.29 is 37.1 Å². The minimum absolute atomic E-state index is 0.00130. The second-order valence-corrected chi connectivity index (χ2v) is 11.0. The van der Waals surface area contributed by atoms with E-state index in [-0.39, 0.29) is 43.6 Å². The highest BCUT2D eigenvalue weighted by molar-refractivity contribution is 6.02. The molecular formula is C24H30F3N7O5. The van der Waals surface area contributed by atoms with Crippen LogP contribution in [0, 0.1) is 11.8 Å². The van der Waals surface area contributed by atoms with Gasteiger partial charge in [-0.25, -0.2) is 4.98 Å². The molecule has 5 rings (SSSR count). The van der Waals surface area contributed by atoms with Crippen LogP contribution in [0.4, 0.5) is 19.1 Å².